The lowest BCUT2D eigenvalue weighted by Gasteiger charge is -2.35. The second kappa shape index (κ2) is 10.1. The molecule has 2 aromatic rings. The van der Waals surface area contributed by atoms with E-state index in [2.05, 4.69) is 41.4 Å². The first kappa shape index (κ1) is 20.2. The molecule has 3 rings (SSSR count). The van der Waals surface area contributed by atoms with Crippen molar-refractivity contribution in [2.75, 3.05) is 46.6 Å². The van der Waals surface area contributed by atoms with Gasteiger partial charge in [-0.15, -0.1) is 0 Å². The Morgan fingerprint density at radius 2 is 1.71 bits per heavy atom. The van der Waals surface area contributed by atoms with E-state index in [9.17, 15) is 4.79 Å². The molecule has 0 aromatic heterocycles. The second-order valence-corrected chi connectivity index (χ2v) is 6.84. The Balaban J connectivity index is 1.55. The normalized spacial score (nSPS) is 15.6. The molecular weight excluding hydrogens is 356 g/mol. The molecular formula is C22H28N2O4. The maximum absolute atomic E-state index is 12.3. The van der Waals surface area contributed by atoms with E-state index in [-0.39, 0.29) is 18.6 Å². The summed E-state index contributed by atoms with van der Waals surface area (Å²) in [5.41, 5.74) is 2.42. The van der Waals surface area contributed by atoms with Gasteiger partial charge in [0.05, 0.1) is 26.4 Å². The molecule has 1 aliphatic rings. The van der Waals surface area contributed by atoms with Crippen molar-refractivity contribution in [3.63, 3.8) is 0 Å². The van der Waals surface area contributed by atoms with Crippen molar-refractivity contribution in [2.24, 2.45) is 0 Å². The molecule has 0 bridgehead atoms. The number of rotatable bonds is 8. The van der Waals surface area contributed by atoms with Crippen LogP contribution in [0.2, 0.25) is 0 Å². The summed E-state index contributed by atoms with van der Waals surface area (Å²) in [7, 11) is 1.61. The first-order chi connectivity index (χ1) is 13.7. The van der Waals surface area contributed by atoms with Crippen molar-refractivity contribution < 1.29 is 19.0 Å². The highest BCUT2D eigenvalue weighted by molar-refractivity contribution is 5.77. The summed E-state index contributed by atoms with van der Waals surface area (Å²) < 4.78 is 16.2. The summed E-state index contributed by atoms with van der Waals surface area (Å²) in [5.74, 6) is 1.25. The van der Waals surface area contributed by atoms with Crippen LogP contribution in [0.15, 0.2) is 48.5 Å². The molecule has 1 aliphatic heterocycles. The number of ether oxygens (including phenoxy) is 3. The van der Waals surface area contributed by atoms with Gasteiger partial charge in [-0.2, -0.15) is 0 Å². The van der Waals surface area contributed by atoms with Crippen molar-refractivity contribution in [2.45, 2.75) is 13.0 Å². The van der Waals surface area contributed by atoms with Gasteiger partial charge in [0.1, 0.15) is 11.5 Å². The number of aryl methyl sites for hydroxylation is 1. The molecule has 6 nitrogen and oxygen atoms in total. The number of morpholine rings is 1. The lowest BCUT2D eigenvalue weighted by atomic mass is 10.0. The highest BCUT2D eigenvalue weighted by Crippen LogP contribution is 2.22. The van der Waals surface area contributed by atoms with Gasteiger partial charge in [0.25, 0.3) is 5.91 Å². The third kappa shape index (κ3) is 5.71. The number of carbonyl (C=O) groups excluding carboxylic acids is 1. The van der Waals surface area contributed by atoms with Gasteiger partial charge in [-0.25, -0.2) is 0 Å². The van der Waals surface area contributed by atoms with Crippen LogP contribution in [0.4, 0.5) is 0 Å². The molecule has 0 saturated carbocycles. The maximum Gasteiger partial charge on any atom is 0.258 e. The van der Waals surface area contributed by atoms with Gasteiger partial charge in [-0.3, -0.25) is 9.69 Å². The third-order valence-electron chi connectivity index (χ3n) is 4.87. The molecule has 150 valence electrons. The smallest absolute Gasteiger partial charge is 0.258 e. The fourth-order valence-corrected chi connectivity index (χ4v) is 3.22. The van der Waals surface area contributed by atoms with Crippen LogP contribution in [-0.2, 0) is 9.53 Å². The Kier molecular flexibility index (Phi) is 7.28. The molecule has 0 aliphatic carbocycles. The zero-order valence-corrected chi connectivity index (χ0v) is 16.5. The standard InChI is InChI=1S/C22H28N2O4/c1-17-3-5-18(6-4-17)21(24-11-13-27-14-12-24)15-23-22(25)16-28-20-9-7-19(26-2)8-10-20/h3-10,21H,11-16H2,1-2H3,(H,23,25). The lowest BCUT2D eigenvalue weighted by molar-refractivity contribution is -0.123. The topological polar surface area (TPSA) is 60.0 Å². The second-order valence-electron chi connectivity index (χ2n) is 6.84. The predicted octanol–water partition coefficient (Wildman–Crippen LogP) is 2.57. The summed E-state index contributed by atoms with van der Waals surface area (Å²) in [6.45, 7) is 5.75. The molecule has 1 atom stereocenters. The predicted molar refractivity (Wildman–Crippen MR) is 108 cm³/mol. The van der Waals surface area contributed by atoms with Crippen LogP contribution in [0.25, 0.3) is 0 Å². The van der Waals surface area contributed by atoms with Gasteiger partial charge in [0.15, 0.2) is 6.61 Å². The number of amides is 1. The van der Waals surface area contributed by atoms with Crippen LogP contribution in [0, 0.1) is 6.92 Å². The molecule has 1 saturated heterocycles. The molecule has 28 heavy (non-hydrogen) atoms. The van der Waals surface area contributed by atoms with Crippen molar-refractivity contribution in [1.82, 2.24) is 10.2 Å². The molecule has 0 spiro atoms. The Hall–Kier alpha value is -2.57. The highest BCUT2D eigenvalue weighted by atomic mass is 16.5. The third-order valence-corrected chi connectivity index (χ3v) is 4.87. The first-order valence-corrected chi connectivity index (χ1v) is 9.57. The van der Waals surface area contributed by atoms with E-state index >= 15 is 0 Å². The Morgan fingerprint density at radius 3 is 2.36 bits per heavy atom. The quantitative estimate of drug-likeness (QED) is 0.758. The zero-order chi connectivity index (χ0) is 19.8. The van der Waals surface area contributed by atoms with Gasteiger partial charge in [0.2, 0.25) is 0 Å². The monoisotopic (exact) mass is 384 g/mol. The van der Waals surface area contributed by atoms with Crippen molar-refractivity contribution in [1.29, 1.82) is 0 Å². The zero-order valence-electron chi connectivity index (χ0n) is 16.5. The minimum atomic E-state index is -0.138. The molecule has 1 unspecified atom stereocenters. The lowest BCUT2D eigenvalue weighted by Crippen LogP contribution is -2.44. The van der Waals surface area contributed by atoms with E-state index in [1.165, 1.54) is 11.1 Å². The number of benzene rings is 2. The van der Waals surface area contributed by atoms with Crippen LogP contribution in [0.5, 0.6) is 11.5 Å². The maximum atomic E-state index is 12.3. The van der Waals surface area contributed by atoms with E-state index in [4.69, 9.17) is 14.2 Å². The molecule has 2 aromatic carbocycles. The van der Waals surface area contributed by atoms with Gasteiger partial charge >= 0.3 is 0 Å². The van der Waals surface area contributed by atoms with E-state index in [0.717, 1.165) is 32.1 Å². The molecule has 6 heteroatoms. The number of nitrogens with zero attached hydrogens (tertiary/aromatic N) is 1. The van der Waals surface area contributed by atoms with Gasteiger partial charge < -0.3 is 19.5 Å². The molecule has 1 N–H and O–H groups in total. The van der Waals surface area contributed by atoms with Crippen LogP contribution >= 0.6 is 0 Å². The van der Waals surface area contributed by atoms with E-state index in [1.807, 2.05) is 0 Å². The summed E-state index contributed by atoms with van der Waals surface area (Å²) in [5, 5.41) is 3.01. The number of hydrogen-bond acceptors (Lipinski definition) is 5. The summed E-state index contributed by atoms with van der Waals surface area (Å²) in [6, 6.07) is 15.8. The van der Waals surface area contributed by atoms with Crippen LogP contribution in [0.3, 0.4) is 0 Å². The van der Waals surface area contributed by atoms with Gasteiger partial charge in [0, 0.05) is 19.6 Å². The van der Waals surface area contributed by atoms with Crippen LogP contribution in [-0.4, -0.2) is 57.4 Å². The Bertz CT molecular complexity index is 740. The number of hydrogen-bond donors (Lipinski definition) is 1. The fourth-order valence-electron chi connectivity index (χ4n) is 3.22. The fraction of sp³-hybridized carbons (Fsp3) is 0.409. The number of nitrogens with one attached hydrogen (secondary N) is 1. The van der Waals surface area contributed by atoms with E-state index < -0.39 is 0 Å². The molecule has 0 radical (unpaired) electrons. The largest absolute Gasteiger partial charge is 0.497 e. The van der Waals surface area contributed by atoms with Gasteiger partial charge in [-0.1, -0.05) is 29.8 Å². The number of carbonyl (C=O) groups is 1. The van der Waals surface area contributed by atoms with E-state index in [0.29, 0.717) is 12.3 Å². The van der Waals surface area contributed by atoms with Crippen LogP contribution in [0.1, 0.15) is 17.2 Å². The number of methoxy groups -OCH3 is 1. The summed E-state index contributed by atoms with van der Waals surface area (Å²) in [6.07, 6.45) is 0. The molecule has 1 heterocycles. The minimum absolute atomic E-state index is 0.0178. The van der Waals surface area contributed by atoms with Crippen molar-refractivity contribution >= 4 is 5.91 Å². The SMILES string of the molecule is COc1ccc(OCC(=O)NCC(c2ccc(C)cc2)N2CCOCC2)cc1. The van der Waals surface area contributed by atoms with E-state index in [1.54, 1.807) is 31.4 Å². The molecule has 1 amide bonds. The average Bonchev–Trinajstić information content (AvgIpc) is 2.75. The Labute approximate surface area is 166 Å². The van der Waals surface area contributed by atoms with Gasteiger partial charge in [-0.05, 0) is 36.8 Å². The molecule has 1 fully saturated rings. The first-order valence-electron chi connectivity index (χ1n) is 9.57. The minimum Gasteiger partial charge on any atom is -0.497 e. The highest BCUT2D eigenvalue weighted by Gasteiger charge is 2.23. The van der Waals surface area contributed by atoms with Crippen LogP contribution < -0.4 is 14.8 Å². The summed E-state index contributed by atoms with van der Waals surface area (Å²) in [4.78, 5) is 14.7. The summed E-state index contributed by atoms with van der Waals surface area (Å²) >= 11 is 0. The van der Waals surface area contributed by atoms with Crippen molar-refractivity contribution in [3.8, 4) is 11.5 Å². The Morgan fingerprint density at radius 1 is 1.07 bits per heavy atom. The average molecular weight is 384 g/mol. The van der Waals surface area contributed by atoms with Crippen molar-refractivity contribution in [3.05, 3.63) is 59.7 Å².